The van der Waals surface area contributed by atoms with Gasteiger partial charge in [0.15, 0.2) is 6.10 Å². The van der Waals surface area contributed by atoms with E-state index in [2.05, 4.69) is 22.0 Å². The molecule has 4 heteroatoms. The molecule has 0 aliphatic rings. The minimum absolute atomic E-state index is 0.0933. The predicted octanol–water partition coefficient (Wildman–Crippen LogP) is 4.28. The Morgan fingerprint density at radius 1 is 1.24 bits per heavy atom. The van der Waals surface area contributed by atoms with Crippen molar-refractivity contribution in [1.29, 1.82) is 5.26 Å². The van der Waals surface area contributed by atoms with E-state index in [1.54, 1.807) is 31.2 Å². The lowest BCUT2D eigenvalue weighted by molar-refractivity contribution is 0.0817. The molecule has 0 fully saturated rings. The van der Waals surface area contributed by atoms with E-state index in [0.29, 0.717) is 16.9 Å². The number of halogens is 1. The molecule has 0 aliphatic carbocycles. The molecule has 106 valence electrons. The first-order valence-electron chi connectivity index (χ1n) is 6.48. The highest BCUT2D eigenvalue weighted by Crippen LogP contribution is 2.22. The van der Waals surface area contributed by atoms with Crippen molar-refractivity contribution in [3.8, 4) is 11.8 Å². The summed E-state index contributed by atoms with van der Waals surface area (Å²) in [5, 5.41) is 8.92. The molecular weight excluding hydrogens is 330 g/mol. The number of ketones is 1. The van der Waals surface area contributed by atoms with Gasteiger partial charge in [-0.05, 0) is 43.7 Å². The summed E-state index contributed by atoms with van der Waals surface area (Å²) in [5.41, 5.74) is 2.00. The second-order valence-electron chi connectivity index (χ2n) is 4.72. The number of nitriles is 1. The van der Waals surface area contributed by atoms with E-state index < -0.39 is 6.10 Å². The molecule has 1 unspecified atom stereocenters. The van der Waals surface area contributed by atoms with Crippen molar-refractivity contribution in [2.75, 3.05) is 0 Å². The van der Waals surface area contributed by atoms with Crippen LogP contribution in [0.15, 0.2) is 46.9 Å². The summed E-state index contributed by atoms with van der Waals surface area (Å²) in [5.74, 6) is 0.469. The Kier molecular flexibility index (Phi) is 4.77. The van der Waals surface area contributed by atoms with Gasteiger partial charge in [0.1, 0.15) is 5.75 Å². The highest BCUT2D eigenvalue weighted by molar-refractivity contribution is 9.10. The summed E-state index contributed by atoms with van der Waals surface area (Å²) in [4.78, 5) is 12.3. The van der Waals surface area contributed by atoms with E-state index >= 15 is 0 Å². The Bertz CT molecular complexity index is 702. The Hall–Kier alpha value is -2.12. The maximum Gasteiger partial charge on any atom is 0.202 e. The number of aryl methyl sites for hydroxylation is 1. The van der Waals surface area contributed by atoms with E-state index in [1.165, 1.54) is 0 Å². The van der Waals surface area contributed by atoms with Crippen LogP contribution in [-0.4, -0.2) is 11.9 Å². The van der Waals surface area contributed by atoms with Crippen molar-refractivity contribution in [1.82, 2.24) is 0 Å². The number of hydrogen-bond donors (Lipinski definition) is 0. The summed E-state index contributed by atoms with van der Waals surface area (Å²) < 4.78 is 6.64. The molecule has 0 spiro atoms. The average molecular weight is 344 g/mol. The second-order valence-corrected chi connectivity index (χ2v) is 5.64. The van der Waals surface area contributed by atoms with E-state index in [0.717, 1.165) is 10.0 Å². The van der Waals surface area contributed by atoms with Crippen molar-refractivity contribution >= 4 is 21.7 Å². The van der Waals surface area contributed by atoms with Crippen LogP contribution in [0.1, 0.15) is 28.4 Å². The standard InChI is InChI=1S/C17H14BrNO2/c1-11-3-4-13(10-19)9-16(11)21-12(2)17(20)14-5-7-15(18)8-6-14/h3-9,12H,1-2H3. The molecule has 21 heavy (non-hydrogen) atoms. The topological polar surface area (TPSA) is 50.1 Å². The molecule has 0 saturated heterocycles. The van der Waals surface area contributed by atoms with Crippen LogP contribution >= 0.6 is 15.9 Å². The lowest BCUT2D eigenvalue weighted by Gasteiger charge is -2.15. The molecule has 0 radical (unpaired) electrons. The van der Waals surface area contributed by atoms with Crippen LogP contribution in [0.4, 0.5) is 0 Å². The van der Waals surface area contributed by atoms with Gasteiger partial charge in [0.2, 0.25) is 5.78 Å². The van der Waals surface area contributed by atoms with E-state index in [9.17, 15) is 4.79 Å². The fraction of sp³-hybridized carbons (Fsp3) is 0.176. The number of Topliss-reactive ketones (excluding diaryl/α,β-unsaturated/α-hetero) is 1. The van der Waals surface area contributed by atoms with Gasteiger partial charge in [0, 0.05) is 10.0 Å². The summed E-state index contributed by atoms with van der Waals surface area (Å²) in [7, 11) is 0. The third-order valence-corrected chi connectivity index (χ3v) is 3.65. The molecule has 0 saturated carbocycles. The zero-order valence-corrected chi connectivity index (χ0v) is 13.3. The molecule has 0 N–H and O–H groups in total. The maximum absolute atomic E-state index is 12.3. The number of hydrogen-bond acceptors (Lipinski definition) is 3. The van der Waals surface area contributed by atoms with Gasteiger partial charge in [-0.2, -0.15) is 5.26 Å². The summed E-state index contributed by atoms with van der Waals surface area (Å²) in [6.07, 6.45) is -0.612. The first kappa shape index (κ1) is 15.3. The van der Waals surface area contributed by atoms with Crippen molar-refractivity contribution < 1.29 is 9.53 Å². The third-order valence-electron chi connectivity index (χ3n) is 3.12. The van der Waals surface area contributed by atoms with Gasteiger partial charge in [-0.25, -0.2) is 0 Å². The molecule has 0 bridgehead atoms. The minimum Gasteiger partial charge on any atom is -0.482 e. The predicted molar refractivity (Wildman–Crippen MR) is 84.5 cm³/mol. The zero-order chi connectivity index (χ0) is 15.4. The molecule has 2 aromatic carbocycles. The summed E-state index contributed by atoms with van der Waals surface area (Å²) in [6.45, 7) is 3.59. The Morgan fingerprint density at radius 3 is 2.52 bits per heavy atom. The van der Waals surface area contributed by atoms with Gasteiger partial charge in [-0.15, -0.1) is 0 Å². The smallest absolute Gasteiger partial charge is 0.202 e. The van der Waals surface area contributed by atoms with Crippen molar-refractivity contribution in [3.05, 3.63) is 63.6 Å². The largest absolute Gasteiger partial charge is 0.482 e. The normalized spacial score (nSPS) is 11.5. The van der Waals surface area contributed by atoms with Crippen LogP contribution in [0, 0.1) is 18.3 Å². The van der Waals surface area contributed by atoms with Gasteiger partial charge in [-0.1, -0.05) is 34.1 Å². The van der Waals surface area contributed by atoms with Gasteiger partial charge in [0.25, 0.3) is 0 Å². The second kappa shape index (κ2) is 6.55. The number of nitrogens with zero attached hydrogens (tertiary/aromatic N) is 1. The number of rotatable bonds is 4. The number of ether oxygens (including phenoxy) is 1. The van der Waals surface area contributed by atoms with Gasteiger partial charge in [-0.3, -0.25) is 4.79 Å². The SMILES string of the molecule is Cc1ccc(C#N)cc1OC(C)C(=O)c1ccc(Br)cc1. The van der Waals surface area contributed by atoms with E-state index in [4.69, 9.17) is 10.00 Å². The van der Waals surface area contributed by atoms with E-state index in [-0.39, 0.29) is 5.78 Å². The third kappa shape index (κ3) is 3.71. The number of carbonyl (C=O) groups excluding carboxylic acids is 1. The number of carbonyl (C=O) groups is 1. The Balaban J connectivity index is 2.18. The van der Waals surface area contributed by atoms with Crippen molar-refractivity contribution in [2.45, 2.75) is 20.0 Å². The van der Waals surface area contributed by atoms with Gasteiger partial charge in [0.05, 0.1) is 11.6 Å². The van der Waals surface area contributed by atoms with Crippen molar-refractivity contribution in [3.63, 3.8) is 0 Å². The number of benzene rings is 2. The quantitative estimate of drug-likeness (QED) is 0.778. The molecule has 0 aromatic heterocycles. The zero-order valence-electron chi connectivity index (χ0n) is 11.8. The van der Waals surface area contributed by atoms with Crippen LogP contribution in [0.25, 0.3) is 0 Å². The Labute approximate surface area is 132 Å². The lowest BCUT2D eigenvalue weighted by Crippen LogP contribution is -2.24. The Morgan fingerprint density at radius 2 is 1.90 bits per heavy atom. The summed E-state index contributed by atoms with van der Waals surface area (Å²) >= 11 is 3.34. The average Bonchev–Trinajstić information content (AvgIpc) is 2.49. The molecule has 2 rings (SSSR count). The van der Waals surface area contributed by atoms with Crippen LogP contribution in [0.2, 0.25) is 0 Å². The first-order chi connectivity index (χ1) is 10.0. The fourth-order valence-corrected chi connectivity index (χ4v) is 2.15. The van der Waals surface area contributed by atoms with E-state index in [1.807, 2.05) is 25.1 Å². The first-order valence-corrected chi connectivity index (χ1v) is 7.27. The molecule has 0 aliphatic heterocycles. The molecule has 0 heterocycles. The van der Waals surface area contributed by atoms with Crippen LogP contribution in [0.3, 0.4) is 0 Å². The van der Waals surface area contributed by atoms with Gasteiger partial charge >= 0.3 is 0 Å². The molecule has 3 nitrogen and oxygen atoms in total. The minimum atomic E-state index is -0.612. The molecule has 0 amide bonds. The highest BCUT2D eigenvalue weighted by atomic mass is 79.9. The van der Waals surface area contributed by atoms with Crippen LogP contribution < -0.4 is 4.74 Å². The molecule has 1 atom stereocenters. The summed E-state index contributed by atoms with van der Waals surface area (Å²) in [6, 6.07) is 14.4. The fourth-order valence-electron chi connectivity index (χ4n) is 1.89. The lowest BCUT2D eigenvalue weighted by atomic mass is 10.1. The highest BCUT2D eigenvalue weighted by Gasteiger charge is 2.17. The van der Waals surface area contributed by atoms with Gasteiger partial charge < -0.3 is 4.74 Å². The monoisotopic (exact) mass is 343 g/mol. The van der Waals surface area contributed by atoms with Crippen LogP contribution in [0.5, 0.6) is 5.75 Å². The molecular formula is C17H14BrNO2. The molecule has 2 aromatic rings. The maximum atomic E-state index is 12.3. The van der Waals surface area contributed by atoms with Crippen molar-refractivity contribution in [2.24, 2.45) is 0 Å². The van der Waals surface area contributed by atoms with Crippen LogP contribution in [-0.2, 0) is 0 Å².